The molecule has 160 valence electrons. The summed E-state index contributed by atoms with van der Waals surface area (Å²) in [6.45, 7) is 4.56. The first-order valence-electron chi connectivity index (χ1n) is 9.55. The van der Waals surface area contributed by atoms with Crippen LogP contribution < -0.4 is 15.5 Å². The fraction of sp³-hybridized carbons (Fsp3) is 0.227. The second kappa shape index (κ2) is 8.78. The number of benzene rings is 2. The molecular weight excluding hydrogens is 402 g/mol. The number of fused-ring (bicyclic) bond motifs is 1. The van der Waals surface area contributed by atoms with Crippen LogP contribution >= 0.6 is 0 Å². The van der Waals surface area contributed by atoms with E-state index in [1.54, 1.807) is 45.0 Å². The van der Waals surface area contributed by atoms with Crippen molar-refractivity contribution < 1.29 is 28.7 Å². The Hall–Kier alpha value is -4.01. The average molecular weight is 423 g/mol. The van der Waals surface area contributed by atoms with Crippen molar-refractivity contribution in [2.75, 3.05) is 11.5 Å². The Labute approximate surface area is 178 Å². The fourth-order valence-corrected chi connectivity index (χ4v) is 3.08. The van der Waals surface area contributed by atoms with E-state index in [4.69, 9.17) is 4.74 Å². The molecule has 9 heteroatoms. The van der Waals surface area contributed by atoms with Gasteiger partial charge in [0.15, 0.2) is 6.61 Å². The van der Waals surface area contributed by atoms with E-state index < -0.39 is 36.3 Å². The summed E-state index contributed by atoms with van der Waals surface area (Å²) in [5.41, 5.74) is 1.47. The molecule has 0 atom stereocenters. The summed E-state index contributed by atoms with van der Waals surface area (Å²) >= 11 is 0. The molecule has 9 nitrogen and oxygen atoms in total. The van der Waals surface area contributed by atoms with Gasteiger partial charge in [0.2, 0.25) is 0 Å². The smallest absolute Gasteiger partial charge is 0.338 e. The van der Waals surface area contributed by atoms with Crippen molar-refractivity contribution >= 4 is 35.4 Å². The van der Waals surface area contributed by atoms with Crippen LogP contribution in [0.5, 0.6) is 0 Å². The number of anilines is 1. The summed E-state index contributed by atoms with van der Waals surface area (Å²) in [5, 5.41) is 4.50. The summed E-state index contributed by atoms with van der Waals surface area (Å²) in [5.74, 6) is -2.70. The highest BCUT2D eigenvalue weighted by atomic mass is 16.5. The molecule has 0 saturated heterocycles. The highest BCUT2D eigenvalue weighted by Gasteiger charge is 2.37. The Morgan fingerprint density at radius 1 is 1.00 bits per heavy atom. The van der Waals surface area contributed by atoms with Crippen LogP contribution in [0, 0.1) is 6.92 Å². The van der Waals surface area contributed by atoms with Crippen LogP contribution in [-0.2, 0) is 9.53 Å². The summed E-state index contributed by atoms with van der Waals surface area (Å²) in [7, 11) is 0. The maximum absolute atomic E-state index is 12.9. The first-order valence-corrected chi connectivity index (χ1v) is 9.55. The Bertz CT molecular complexity index is 1090. The van der Waals surface area contributed by atoms with Gasteiger partial charge >= 0.3 is 12.0 Å². The molecule has 0 bridgehead atoms. The third-order valence-electron chi connectivity index (χ3n) is 4.49. The third-order valence-corrected chi connectivity index (χ3v) is 4.49. The van der Waals surface area contributed by atoms with E-state index in [2.05, 4.69) is 5.32 Å². The Morgan fingerprint density at radius 3 is 2.35 bits per heavy atom. The number of nitrogens with zero attached hydrogens (tertiary/aromatic N) is 1. The lowest BCUT2D eigenvalue weighted by molar-refractivity contribution is -0.123. The molecule has 2 aromatic carbocycles. The second-order valence-electron chi connectivity index (χ2n) is 7.25. The highest BCUT2D eigenvalue weighted by Crippen LogP contribution is 2.31. The van der Waals surface area contributed by atoms with E-state index in [-0.39, 0.29) is 22.7 Å². The molecule has 1 aliphatic rings. The quantitative estimate of drug-likeness (QED) is 0.562. The van der Waals surface area contributed by atoms with E-state index in [0.29, 0.717) is 5.69 Å². The van der Waals surface area contributed by atoms with Gasteiger partial charge < -0.3 is 10.1 Å². The lowest BCUT2D eigenvalue weighted by Gasteiger charge is -2.16. The number of esters is 1. The van der Waals surface area contributed by atoms with Gasteiger partial charge in [0.05, 0.1) is 22.4 Å². The van der Waals surface area contributed by atoms with Gasteiger partial charge in [-0.1, -0.05) is 18.2 Å². The number of para-hydroxylation sites is 1. The first kappa shape index (κ1) is 21.7. The van der Waals surface area contributed by atoms with Crippen molar-refractivity contribution in [2.45, 2.75) is 26.8 Å². The summed E-state index contributed by atoms with van der Waals surface area (Å²) in [6, 6.07) is 10.1. The number of carbonyl (C=O) groups excluding carboxylic acids is 5. The molecule has 0 fully saturated rings. The Morgan fingerprint density at radius 2 is 1.68 bits per heavy atom. The van der Waals surface area contributed by atoms with Crippen LogP contribution in [0.2, 0.25) is 0 Å². The Balaban J connectivity index is 1.70. The minimum atomic E-state index is -0.864. The molecule has 0 spiro atoms. The maximum atomic E-state index is 12.9. The lowest BCUT2D eigenvalue weighted by Crippen LogP contribution is -2.44. The molecule has 1 aliphatic heterocycles. The van der Waals surface area contributed by atoms with Gasteiger partial charge in [-0.25, -0.2) is 14.5 Å². The average Bonchev–Trinajstić information content (AvgIpc) is 2.96. The highest BCUT2D eigenvalue weighted by molar-refractivity contribution is 6.34. The van der Waals surface area contributed by atoms with E-state index in [1.807, 2.05) is 5.32 Å². The number of ether oxygens (including phenoxy) is 1. The van der Waals surface area contributed by atoms with Gasteiger partial charge in [0.1, 0.15) is 0 Å². The van der Waals surface area contributed by atoms with Crippen molar-refractivity contribution in [1.29, 1.82) is 0 Å². The zero-order valence-corrected chi connectivity index (χ0v) is 17.2. The molecule has 0 radical (unpaired) electrons. The monoisotopic (exact) mass is 423 g/mol. The number of amides is 5. The van der Waals surface area contributed by atoms with Crippen LogP contribution in [0.15, 0.2) is 42.5 Å². The third kappa shape index (κ3) is 4.61. The van der Waals surface area contributed by atoms with Crippen molar-refractivity contribution in [3.8, 4) is 0 Å². The molecule has 5 amide bonds. The van der Waals surface area contributed by atoms with Crippen molar-refractivity contribution in [2.24, 2.45) is 0 Å². The van der Waals surface area contributed by atoms with Crippen LogP contribution in [0.1, 0.15) is 50.5 Å². The van der Waals surface area contributed by atoms with Crippen LogP contribution in [0.4, 0.5) is 10.5 Å². The molecule has 31 heavy (non-hydrogen) atoms. The van der Waals surface area contributed by atoms with Gasteiger partial charge in [-0.3, -0.25) is 19.7 Å². The largest absolute Gasteiger partial charge is 0.452 e. The van der Waals surface area contributed by atoms with Crippen LogP contribution in [-0.4, -0.2) is 42.4 Å². The molecule has 3 rings (SSSR count). The van der Waals surface area contributed by atoms with E-state index >= 15 is 0 Å². The molecule has 0 aliphatic carbocycles. The van der Waals surface area contributed by atoms with Crippen LogP contribution in [0.25, 0.3) is 0 Å². The number of carbonyl (C=O) groups is 5. The predicted molar refractivity (Wildman–Crippen MR) is 111 cm³/mol. The molecular formula is C22H21N3O6. The van der Waals surface area contributed by atoms with Crippen molar-refractivity contribution in [3.05, 3.63) is 64.7 Å². The minimum absolute atomic E-state index is 0.00552. The predicted octanol–water partition coefficient (Wildman–Crippen LogP) is 2.19. The summed E-state index contributed by atoms with van der Waals surface area (Å²) in [4.78, 5) is 62.2. The number of nitrogens with one attached hydrogen (secondary N) is 2. The number of rotatable bonds is 5. The maximum Gasteiger partial charge on any atom is 0.338 e. The van der Waals surface area contributed by atoms with Crippen molar-refractivity contribution in [3.63, 3.8) is 0 Å². The Kier molecular flexibility index (Phi) is 6.15. The first-order chi connectivity index (χ1) is 14.7. The minimum Gasteiger partial charge on any atom is -0.452 e. The standard InChI is InChI=1S/C22H21N3O6/c1-12(2)23-22(30)24-18(26)11-31-21(29)14-8-9-15-16(10-14)20(28)25(19(15)27)17-7-5-4-6-13(17)3/h4-10,12H,11H2,1-3H3,(H2,23,24,26,30). The topological polar surface area (TPSA) is 122 Å². The zero-order valence-electron chi connectivity index (χ0n) is 17.2. The molecule has 2 N–H and O–H groups in total. The summed E-state index contributed by atoms with van der Waals surface area (Å²) in [6.07, 6.45) is 0. The van der Waals surface area contributed by atoms with E-state index in [1.165, 1.54) is 18.2 Å². The molecule has 0 unspecified atom stereocenters. The SMILES string of the molecule is Cc1ccccc1N1C(=O)c2ccc(C(=O)OCC(=O)NC(=O)NC(C)C)cc2C1=O. The second-order valence-corrected chi connectivity index (χ2v) is 7.25. The van der Waals surface area contributed by atoms with Gasteiger partial charge in [-0.2, -0.15) is 0 Å². The van der Waals surface area contributed by atoms with Crippen LogP contribution in [0.3, 0.4) is 0 Å². The van der Waals surface area contributed by atoms with E-state index in [9.17, 15) is 24.0 Å². The molecule has 0 saturated carbocycles. The van der Waals surface area contributed by atoms with Crippen molar-refractivity contribution in [1.82, 2.24) is 10.6 Å². The molecule has 2 aromatic rings. The molecule has 1 heterocycles. The van der Waals surface area contributed by atoms with Gasteiger partial charge in [0, 0.05) is 6.04 Å². The number of imide groups is 2. The number of hydrogen-bond acceptors (Lipinski definition) is 6. The number of hydrogen-bond donors (Lipinski definition) is 2. The van der Waals surface area contributed by atoms with E-state index in [0.717, 1.165) is 10.5 Å². The number of urea groups is 1. The fourth-order valence-electron chi connectivity index (χ4n) is 3.08. The zero-order chi connectivity index (χ0) is 22.7. The van der Waals surface area contributed by atoms with Gasteiger partial charge in [0.25, 0.3) is 17.7 Å². The number of aryl methyl sites for hydroxylation is 1. The summed E-state index contributed by atoms with van der Waals surface area (Å²) < 4.78 is 4.91. The lowest BCUT2D eigenvalue weighted by atomic mass is 10.1. The van der Waals surface area contributed by atoms with Gasteiger partial charge in [-0.05, 0) is 50.6 Å². The molecule has 0 aromatic heterocycles. The van der Waals surface area contributed by atoms with Gasteiger partial charge in [-0.15, -0.1) is 0 Å². The normalized spacial score (nSPS) is 12.6.